The third-order valence-electron chi connectivity index (χ3n) is 2.09. The maximum Gasteiger partial charge on any atom is 0.0970 e. The minimum absolute atomic E-state index is 0.723. The van der Waals surface area contributed by atoms with Crippen molar-refractivity contribution in [2.24, 2.45) is 5.41 Å². The lowest BCUT2D eigenvalue weighted by Gasteiger charge is -2.22. The summed E-state index contributed by atoms with van der Waals surface area (Å²) in [5.41, 5.74) is 0.0514. The quantitative estimate of drug-likeness (QED) is 0.749. The first-order valence-electron chi connectivity index (χ1n) is 4.22. The standard InChI is InChI=1S/C11H13NO/c1-11(2,8-12)10(13)9-6-4-3-5-7-9/h3-7,10,13H,1-2H3/t10-/m0/s1. The molecule has 0 spiro atoms. The van der Waals surface area contributed by atoms with E-state index in [0.717, 1.165) is 5.56 Å². The van der Waals surface area contributed by atoms with Gasteiger partial charge in [0.05, 0.1) is 17.6 Å². The van der Waals surface area contributed by atoms with Gasteiger partial charge in [0.15, 0.2) is 0 Å². The summed E-state index contributed by atoms with van der Waals surface area (Å²) >= 11 is 0. The monoisotopic (exact) mass is 175 g/mol. The van der Waals surface area contributed by atoms with Gasteiger partial charge in [-0.3, -0.25) is 0 Å². The van der Waals surface area contributed by atoms with Gasteiger partial charge in [-0.1, -0.05) is 30.3 Å². The summed E-state index contributed by atoms with van der Waals surface area (Å²) in [7, 11) is 0. The molecule has 0 bridgehead atoms. The Morgan fingerprint density at radius 3 is 2.31 bits per heavy atom. The van der Waals surface area contributed by atoms with Crippen LogP contribution in [0.4, 0.5) is 0 Å². The molecule has 0 unspecified atom stereocenters. The smallest absolute Gasteiger partial charge is 0.0970 e. The minimum Gasteiger partial charge on any atom is -0.387 e. The number of benzene rings is 1. The second-order valence-corrected chi connectivity index (χ2v) is 3.65. The molecule has 0 aromatic heterocycles. The van der Waals surface area contributed by atoms with Crippen LogP contribution in [0.2, 0.25) is 0 Å². The second-order valence-electron chi connectivity index (χ2n) is 3.65. The van der Waals surface area contributed by atoms with E-state index in [4.69, 9.17) is 5.26 Å². The van der Waals surface area contributed by atoms with E-state index >= 15 is 0 Å². The van der Waals surface area contributed by atoms with E-state index in [2.05, 4.69) is 6.07 Å². The summed E-state index contributed by atoms with van der Waals surface area (Å²) in [5.74, 6) is 0. The van der Waals surface area contributed by atoms with Gasteiger partial charge in [-0.25, -0.2) is 0 Å². The van der Waals surface area contributed by atoms with Gasteiger partial charge in [0.1, 0.15) is 0 Å². The fourth-order valence-electron chi connectivity index (χ4n) is 1.11. The summed E-state index contributed by atoms with van der Waals surface area (Å²) in [5, 5.41) is 18.6. The van der Waals surface area contributed by atoms with E-state index in [9.17, 15) is 5.11 Å². The van der Waals surface area contributed by atoms with Crippen LogP contribution in [0.1, 0.15) is 25.5 Å². The molecule has 1 rings (SSSR count). The van der Waals surface area contributed by atoms with Crippen molar-refractivity contribution in [3.05, 3.63) is 35.9 Å². The lowest BCUT2D eigenvalue weighted by Crippen LogP contribution is -2.19. The van der Waals surface area contributed by atoms with Gasteiger partial charge in [0.25, 0.3) is 0 Å². The first-order valence-corrected chi connectivity index (χ1v) is 4.22. The summed E-state index contributed by atoms with van der Waals surface area (Å²) in [6.45, 7) is 3.45. The first-order chi connectivity index (χ1) is 6.08. The van der Waals surface area contributed by atoms with Gasteiger partial charge in [-0.2, -0.15) is 5.26 Å². The molecule has 0 saturated heterocycles. The molecule has 0 aliphatic rings. The lowest BCUT2D eigenvalue weighted by molar-refractivity contribution is 0.0868. The minimum atomic E-state index is -0.735. The highest BCUT2D eigenvalue weighted by Crippen LogP contribution is 2.31. The topological polar surface area (TPSA) is 44.0 Å². The molecule has 68 valence electrons. The van der Waals surface area contributed by atoms with Crippen LogP contribution in [0.3, 0.4) is 0 Å². The predicted molar refractivity (Wildman–Crippen MR) is 50.8 cm³/mol. The van der Waals surface area contributed by atoms with Gasteiger partial charge in [-0.15, -0.1) is 0 Å². The molecule has 1 N–H and O–H groups in total. The Balaban J connectivity index is 2.94. The van der Waals surface area contributed by atoms with Crippen LogP contribution in [-0.4, -0.2) is 5.11 Å². The number of rotatable bonds is 2. The SMILES string of the molecule is CC(C)(C#N)[C@@H](O)c1ccccc1. The molecule has 1 atom stereocenters. The molecule has 0 radical (unpaired) electrons. The van der Waals surface area contributed by atoms with Crippen molar-refractivity contribution in [1.29, 1.82) is 5.26 Å². The van der Waals surface area contributed by atoms with E-state index in [0.29, 0.717) is 0 Å². The molecular weight excluding hydrogens is 162 g/mol. The van der Waals surface area contributed by atoms with E-state index < -0.39 is 11.5 Å². The number of hydrogen-bond donors (Lipinski definition) is 1. The van der Waals surface area contributed by atoms with Gasteiger partial charge in [0.2, 0.25) is 0 Å². The molecule has 0 fully saturated rings. The molecule has 1 aromatic carbocycles. The first kappa shape index (κ1) is 9.76. The highest BCUT2D eigenvalue weighted by molar-refractivity contribution is 5.21. The maximum atomic E-state index is 9.83. The van der Waals surface area contributed by atoms with Gasteiger partial charge in [-0.05, 0) is 19.4 Å². The molecule has 0 aliphatic carbocycles. The summed E-state index contributed by atoms with van der Waals surface area (Å²) in [4.78, 5) is 0. The molecule has 0 saturated carbocycles. The molecule has 0 heterocycles. The second kappa shape index (κ2) is 3.59. The summed E-state index contributed by atoms with van der Waals surface area (Å²) in [6, 6.07) is 11.3. The van der Waals surface area contributed by atoms with Crippen LogP contribution in [0.15, 0.2) is 30.3 Å². The summed E-state index contributed by atoms with van der Waals surface area (Å²) in [6.07, 6.45) is -0.723. The Morgan fingerprint density at radius 1 is 1.31 bits per heavy atom. The molecular formula is C11H13NO. The third-order valence-corrected chi connectivity index (χ3v) is 2.09. The molecule has 0 amide bonds. The van der Waals surface area contributed by atoms with Crippen LogP contribution in [0, 0.1) is 16.7 Å². The zero-order chi connectivity index (χ0) is 9.90. The van der Waals surface area contributed by atoms with Crippen molar-refractivity contribution >= 4 is 0 Å². The highest BCUT2D eigenvalue weighted by Gasteiger charge is 2.28. The fourth-order valence-corrected chi connectivity index (χ4v) is 1.11. The van der Waals surface area contributed by atoms with Crippen molar-refractivity contribution in [1.82, 2.24) is 0 Å². The van der Waals surface area contributed by atoms with Crippen molar-refractivity contribution < 1.29 is 5.11 Å². The zero-order valence-corrected chi connectivity index (χ0v) is 7.86. The van der Waals surface area contributed by atoms with Crippen LogP contribution in [-0.2, 0) is 0 Å². The van der Waals surface area contributed by atoms with Crippen LogP contribution < -0.4 is 0 Å². The molecule has 0 aliphatic heterocycles. The normalized spacial score (nSPS) is 13.4. The fraction of sp³-hybridized carbons (Fsp3) is 0.364. The number of aliphatic hydroxyl groups is 1. The van der Waals surface area contributed by atoms with Crippen molar-refractivity contribution in [3.8, 4) is 6.07 Å². The number of hydrogen-bond acceptors (Lipinski definition) is 2. The number of nitriles is 1. The van der Waals surface area contributed by atoms with E-state index in [-0.39, 0.29) is 0 Å². The molecule has 13 heavy (non-hydrogen) atoms. The predicted octanol–water partition coefficient (Wildman–Crippen LogP) is 2.27. The Hall–Kier alpha value is -1.33. The van der Waals surface area contributed by atoms with E-state index in [1.165, 1.54) is 0 Å². The average molecular weight is 175 g/mol. The maximum absolute atomic E-state index is 9.83. The number of nitrogens with zero attached hydrogens (tertiary/aromatic N) is 1. The summed E-state index contributed by atoms with van der Waals surface area (Å²) < 4.78 is 0. The Labute approximate surface area is 78.4 Å². The van der Waals surface area contributed by atoms with Gasteiger partial charge in [0, 0.05) is 0 Å². The average Bonchev–Trinajstić information content (AvgIpc) is 2.18. The van der Waals surface area contributed by atoms with E-state index in [1.54, 1.807) is 13.8 Å². The van der Waals surface area contributed by atoms with Gasteiger partial charge >= 0.3 is 0 Å². The van der Waals surface area contributed by atoms with Crippen LogP contribution >= 0.6 is 0 Å². The largest absolute Gasteiger partial charge is 0.387 e. The van der Waals surface area contributed by atoms with Crippen molar-refractivity contribution in [3.63, 3.8) is 0 Å². The zero-order valence-electron chi connectivity index (χ0n) is 7.86. The van der Waals surface area contributed by atoms with Crippen LogP contribution in [0.5, 0.6) is 0 Å². The van der Waals surface area contributed by atoms with Crippen molar-refractivity contribution in [2.45, 2.75) is 20.0 Å². The highest BCUT2D eigenvalue weighted by atomic mass is 16.3. The van der Waals surface area contributed by atoms with Crippen LogP contribution in [0.25, 0.3) is 0 Å². The number of aliphatic hydroxyl groups excluding tert-OH is 1. The lowest BCUT2D eigenvalue weighted by atomic mass is 9.84. The molecule has 2 heteroatoms. The Morgan fingerprint density at radius 2 is 1.85 bits per heavy atom. The van der Waals surface area contributed by atoms with Crippen molar-refractivity contribution in [2.75, 3.05) is 0 Å². The van der Waals surface area contributed by atoms with Gasteiger partial charge < -0.3 is 5.11 Å². The Bertz CT molecular complexity index is 311. The molecule has 1 aromatic rings. The third kappa shape index (κ3) is 2.07. The Kier molecular flexibility index (Phi) is 2.69. The molecule has 2 nitrogen and oxygen atoms in total. The van der Waals surface area contributed by atoms with E-state index in [1.807, 2.05) is 30.3 Å².